The summed E-state index contributed by atoms with van der Waals surface area (Å²) >= 11 is 5.87. The molecule has 0 radical (unpaired) electrons. The van der Waals surface area contributed by atoms with E-state index in [1.807, 2.05) is 17.6 Å². The summed E-state index contributed by atoms with van der Waals surface area (Å²) in [6, 6.07) is 8.90. The zero-order valence-corrected chi connectivity index (χ0v) is 15.8. The standard InChI is InChI=1S/C16H19ClN5O3P/c1-12(7-22-10-21-14-15(18)19-9-20-16(14)22)24-11-26(23,8-17)25-13-5-3-2-4-6-13/h2-6,9-10,12H,7-8,11H2,1H3,(H2,18,19,20). The van der Waals surface area contributed by atoms with Crippen molar-refractivity contribution in [1.82, 2.24) is 19.5 Å². The van der Waals surface area contributed by atoms with E-state index in [9.17, 15) is 4.57 Å². The molecule has 26 heavy (non-hydrogen) atoms. The summed E-state index contributed by atoms with van der Waals surface area (Å²) in [5.41, 5.74) is 6.81. The largest absolute Gasteiger partial charge is 0.441 e. The number of rotatable bonds is 8. The Morgan fingerprint density at radius 3 is 2.77 bits per heavy atom. The molecule has 0 saturated heterocycles. The minimum atomic E-state index is -3.15. The summed E-state index contributed by atoms with van der Waals surface area (Å²) < 4.78 is 25.9. The molecule has 8 nitrogen and oxygen atoms in total. The van der Waals surface area contributed by atoms with E-state index in [2.05, 4.69) is 15.0 Å². The fourth-order valence-corrected chi connectivity index (χ4v) is 3.87. The molecule has 0 fully saturated rings. The molecule has 3 rings (SSSR count). The first-order valence-electron chi connectivity index (χ1n) is 7.92. The van der Waals surface area contributed by atoms with Crippen molar-refractivity contribution in [3.8, 4) is 5.75 Å². The Hall–Kier alpha value is -2.15. The lowest BCUT2D eigenvalue weighted by Gasteiger charge is -2.20. The van der Waals surface area contributed by atoms with Crippen LogP contribution in [0, 0.1) is 0 Å². The van der Waals surface area contributed by atoms with Gasteiger partial charge in [-0.1, -0.05) is 18.2 Å². The molecule has 0 aliphatic heterocycles. The second-order valence-corrected chi connectivity index (χ2v) is 8.80. The van der Waals surface area contributed by atoms with Gasteiger partial charge in [-0.2, -0.15) is 0 Å². The highest BCUT2D eigenvalue weighted by molar-refractivity contribution is 7.60. The van der Waals surface area contributed by atoms with E-state index in [4.69, 9.17) is 26.6 Å². The number of fused-ring (bicyclic) bond motifs is 1. The average molecular weight is 396 g/mol. The van der Waals surface area contributed by atoms with E-state index in [0.29, 0.717) is 29.3 Å². The number of hydrogen-bond acceptors (Lipinski definition) is 7. The van der Waals surface area contributed by atoms with E-state index < -0.39 is 7.37 Å². The van der Waals surface area contributed by atoms with Gasteiger partial charge in [0.15, 0.2) is 11.5 Å². The number of nitrogens with zero attached hydrogens (tertiary/aromatic N) is 4. The van der Waals surface area contributed by atoms with Gasteiger partial charge >= 0.3 is 0 Å². The lowest BCUT2D eigenvalue weighted by molar-refractivity contribution is 0.0833. The number of ether oxygens (including phenoxy) is 1. The lowest BCUT2D eigenvalue weighted by Crippen LogP contribution is -2.18. The van der Waals surface area contributed by atoms with Crippen LogP contribution in [0.1, 0.15) is 6.92 Å². The van der Waals surface area contributed by atoms with Gasteiger partial charge in [-0.25, -0.2) is 15.0 Å². The van der Waals surface area contributed by atoms with E-state index in [1.54, 1.807) is 30.6 Å². The minimum Gasteiger partial charge on any atom is -0.441 e. The van der Waals surface area contributed by atoms with Crippen molar-refractivity contribution < 1.29 is 13.8 Å². The Morgan fingerprint density at radius 1 is 1.27 bits per heavy atom. The second kappa shape index (κ2) is 8.03. The average Bonchev–Trinajstić information content (AvgIpc) is 3.05. The molecule has 1 aromatic carbocycles. The summed E-state index contributed by atoms with van der Waals surface area (Å²) in [5, 5.41) is 0. The fraction of sp³-hybridized carbons (Fsp3) is 0.312. The van der Waals surface area contributed by atoms with E-state index in [0.717, 1.165) is 0 Å². The normalized spacial score (nSPS) is 14.8. The Labute approximate surface area is 155 Å². The molecule has 138 valence electrons. The molecule has 2 N–H and O–H groups in total. The number of alkyl halides is 1. The third-order valence-electron chi connectivity index (χ3n) is 3.64. The first-order valence-corrected chi connectivity index (χ1v) is 10.5. The zero-order chi connectivity index (χ0) is 18.6. The van der Waals surface area contributed by atoms with Crippen LogP contribution in [0.3, 0.4) is 0 Å². The number of hydrogen-bond donors (Lipinski definition) is 1. The number of anilines is 1. The van der Waals surface area contributed by atoms with Crippen molar-refractivity contribution in [1.29, 1.82) is 0 Å². The molecule has 2 aromatic heterocycles. The first kappa shape index (κ1) is 18.6. The third-order valence-corrected chi connectivity index (χ3v) is 6.18. The number of para-hydroxylation sites is 1. The van der Waals surface area contributed by atoms with E-state index in [1.165, 1.54) is 6.33 Å². The van der Waals surface area contributed by atoms with Gasteiger partial charge in [0.1, 0.15) is 29.6 Å². The van der Waals surface area contributed by atoms with Crippen molar-refractivity contribution >= 4 is 36.0 Å². The zero-order valence-electron chi connectivity index (χ0n) is 14.2. The van der Waals surface area contributed by atoms with E-state index in [-0.39, 0.29) is 18.1 Å². The van der Waals surface area contributed by atoms with E-state index >= 15 is 0 Å². The Bertz CT molecular complexity index is 921. The summed E-state index contributed by atoms with van der Waals surface area (Å²) in [6.45, 7) is 2.32. The van der Waals surface area contributed by atoms with Gasteiger partial charge in [-0.05, 0) is 19.1 Å². The minimum absolute atomic E-state index is 0.0870. The smallest absolute Gasteiger partial charge is 0.287 e. The number of nitrogens with two attached hydrogens (primary N) is 1. The summed E-state index contributed by atoms with van der Waals surface area (Å²) in [5.74, 6) is 0.825. The van der Waals surface area contributed by atoms with Gasteiger partial charge in [-0.15, -0.1) is 11.6 Å². The summed E-state index contributed by atoms with van der Waals surface area (Å²) in [7, 11) is -3.15. The number of aromatic nitrogens is 4. The van der Waals surface area contributed by atoms with Gasteiger partial charge in [0.25, 0.3) is 7.37 Å². The van der Waals surface area contributed by atoms with Gasteiger partial charge in [0.05, 0.1) is 19.0 Å². The van der Waals surface area contributed by atoms with Gasteiger partial charge < -0.3 is 19.6 Å². The molecule has 0 aliphatic carbocycles. The van der Waals surface area contributed by atoms with Crippen LogP contribution in [0.2, 0.25) is 0 Å². The van der Waals surface area contributed by atoms with Crippen molar-refractivity contribution in [2.75, 3.05) is 17.7 Å². The van der Waals surface area contributed by atoms with Crippen LogP contribution in [-0.4, -0.2) is 37.6 Å². The highest BCUT2D eigenvalue weighted by Crippen LogP contribution is 2.48. The molecule has 2 heterocycles. The highest BCUT2D eigenvalue weighted by Gasteiger charge is 2.25. The van der Waals surface area contributed by atoms with Gasteiger partial charge in [0, 0.05) is 0 Å². The summed E-state index contributed by atoms with van der Waals surface area (Å²) in [4.78, 5) is 12.3. The van der Waals surface area contributed by atoms with Gasteiger partial charge in [0.2, 0.25) is 0 Å². The lowest BCUT2D eigenvalue weighted by atomic mass is 10.3. The summed E-state index contributed by atoms with van der Waals surface area (Å²) in [6.07, 6.45) is 2.66. The van der Waals surface area contributed by atoms with Crippen molar-refractivity contribution in [3.05, 3.63) is 43.0 Å². The maximum absolute atomic E-state index is 12.8. The van der Waals surface area contributed by atoms with Crippen LogP contribution in [0.4, 0.5) is 5.82 Å². The Kier molecular flexibility index (Phi) is 5.76. The number of benzene rings is 1. The van der Waals surface area contributed by atoms with Crippen LogP contribution in [0.5, 0.6) is 5.75 Å². The second-order valence-electron chi connectivity index (χ2n) is 5.77. The molecule has 0 amide bonds. The van der Waals surface area contributed by atoms with Crippen LogP contribution < -0.4 is 10.3 Å². The number of halogens is 1. The monoisotopic (exact) mass is 395 g/mol. The maximum Gasteiger partial charge on any atom is 0.287 e. The molecular formula is C16H19ClN5O3P. The highest BCUT2D eigenvalue weighted by atomic mass is 35.5. The third kappa shape index (κ3) is 4.33. The Morgan fingerprint density at radius 2 is 2.04 bits per heavy atom. The van der Waals surface area contributed by atoms with Crippen LogP contribution in [-0.2, 0) is 15.8 Å². The number of nitrogen functional groups attached to an aromatic ring is 1. The van der Waals surface area contributed by atoms with Crippen molar-refractivity contribution in [3.63, 3.8) is 0 Å². The van der Waals surface area contributed by atoms with Crippen LogP contribution in [0.15, 0.2) is 43.0 Å². The first-order chi connectivity index (χ1) is 12.5. The topological polar surface area (TPSA) is 105 Å². The molecular weight excluding hydrogens is 377 g/mol. The SMILES string of the molecule is CC(Cn1cnc2c(N)ncnc21)OCP(=O)(CCl)Oc1ccccc1. The molecule has 0 bridgehead atoms. The molecule has 2 atom stereocenters. The molecule has 2 unspecified atom stereocenters. The Balaban J connectivity index is 1.62. The predicted octanol–water partition coefficient (Wildman–Crippen LogP) is 3.32. The predicted molar refractivity (Wildman–Crippen MR) is 101 cm³/mol. The molecule has 3 aromatic rings. The molecule has 0 spiro atoms. The van der Waals surface area contributed by atoms with Crippen LogP contribution in [0.25, 0.3) is 11.2 Å². The quantitative estimate of drug-likeness (QED) is 0.460. The molecule has 10 heteroatoms. The van der Waals surface area contributed by atoms with Crippen LogP contribution >= 0.6 is 19.0 Å². The van der Waals surface area contributed by atoms with Crippen molar-refractivity contribution in [2.45, 2.75) is 19.6 Å². The fourth-order valence-electron chi connectivity index (χ4n) is 2.36. The molecule has 0 saturated carbocycles. The molecule has 0 aliphatic rings. The number of imidazole rings is 1. The van der Waals surface area contributed by atoms with Gasteiger partial charge in [-0.3, -0.25) is 4.57 Å². The van der Waals surface area contributed by atoms with Crippen molar-refractivity contribution in [2.24, 2.45) is 0 Å². The maximum atomic E-state index is 12.8.